The standard InChI is InChI=1S/C8H2BrClF2N2O/c9-4-2-14-6(7(10)15)3(1-13)5(4)8(11)12/h2,8H. The predicted octanol–water partition coefficient (Wildman–Crippen LogP) is 3.03. The Bertz CT molecular complexity index is 459. The molecule has 0 aliphatic heterocycles. The fourth-order valence-electron chi connectivity index (χ4n) is 0.978. The maximum Gasteiger partial charge on any atom is 0.272 e. The van der Waals surface area contributed by atoms with Gasteiger partial charge in [-0.3, -0.25) is 4.79 Å². The second kappa shape index (κ2) is 4.64. The van der Waals surface area contributed by atoms with Crippen molar-refractivity contribution in [1.29, 1.82) is 5.26 Å². The molecule has 7 heteroatoms. The van der Waals surface area contributed by atoms with Gasteiger partial charge in [-0.2, -0.15) is 5.26 Å². The molecule has 0 aromatic carbocycles. The van der Waals surface area contributed by atoms with E-state index in [1.165, 1.54) is 6.07 Å². The summed E-state index contributed by atoms with van der Waals surface area (Å²) >= 11 is 7.93. The second-order valence-electron chi connectivity index (χ2n) is 2.43. The van der Waals surface area contributed by atoms with Crippen LogP contribution in [-0.4, -0.2) is 10.2 Å². The van der Waals surface area contributed by atoms with E-state index in [0.717, 1.165) is 6.20 Å². The largest absolute Gasteiger partial charge is 0.274 e. The average Bonchev–Trinajstić information content (AvgIpc) is 2.15. The number of nitriles is 1. The van der Waals surface area contributed by atoms with Crippen molar-refractivity contribution < 1.29 is 13.6 Å². The molecule has 0 amide bonds. The Balaban J connectivity index is 3.56. The fourth-order valence-corrected chi connectivity index (χ4v) is 1.59. The van der Waals surface area contributed by atoms with Gasteiger partial charge in [-0.15, -0.1) is 0 Å². The van der Waals surface area contributed by atoms with Crippen molar-refractivity contribution in [2.24, 2.45) is 0 Å². The van der Waals surface area contributed by atoms with E-state index in [1.807, 2.05) is 0 Å². The van der Waals surface area contributed by atoms with Crippen molar-refractivity contribution in [2.75, 3.05) is 0 Å². The maximum absolute atomic E-state index is 12.6. The summed E-state index contributed by atoms with van der Waals surface area (Å²) in [6.07, 6.45) is -1.87. The van der Waals surface area contributed by atoms with E-state index < -0.39 is 28.5 Å². The van der Waals surface area contributed by atoms with Crippen molar-refractivity contribution in [2.45, 2.75) is 6.43 Å². The summed E-state index contributed by atoms with van der Waals surface area (Å²) in [4.78, 5) is 14.3. The number of nitrogens with zero attached hydrogens (tertiary/aromatic N) is 2. The first-order valence-electron chi connectivity index (χ1n) is 3.55. The molecule has 3 nitrogen and oxygen atoms in total. The number of pyridine rings is 1. The number of hydrogen-bond acceptors (Lipinski definition) is 3. The highest BCUT2D eigenvalue weighted by molar-refractivity contribution is 9.10. The highest BCUT2D eigenvalue weighted by Crippen LogP contribution is 2.31. The Labute approximate surface area is 96.8 Å². The second-order valence-corrected chi connectivity index (χ2v) is 3.63. The van der Waals surface area contributed by atoms with Gasteiger partial charge in [0, 0.05) is 10.7 Å². The van der Waals surface area contributed by atoms with Crippen molar-refractivity contribution in [3.05, 3.63) is 27.5 Å². The number of aromatic nitrogens is 1. The summed E-state index contributed by atoms with van der Waals surface area (Å²) in [6, 6.07) is 1.49. The molecule has 0 atom stereocenters. The molecule has 0 spiro atoms. The quantitative estimate of drug-likeness (QED) is 0.788. The first-order valence-corrected chi connectivity index (χ1v) is 4.72. The van der Waals surface area contributed by atoms with Crippen LogP contribution in [0.25, 0.3) is 0 Å². The molecule has 0 fully saturated rings. The molecule has 1 aromatic heterocycles. The number of carbonyl (C=O) groups is 1. The lowest BCUT2D eigenvalue weighted by atomic mass is 10.1. The van der Waals surface area contributed by atoms with E-state index >= 15 is 0 Å². The SMILES string of the molecule is N#Cc1c(C(=O)Cl)ncc(Br)c1C(F)F. The van der Waals surface area contributed by atoms with E-state index in [9.17, 15) is 13.6 Å². The normalized spacial score (nSPS) is 10.1. The van der Waals surface area contributed by atoms with Gasteiger partial charge < -0.3 is 0 Å². The van der Waals surface area contributed by atoms with Crippen molar-refractivity contribution in [1.82, 2.24) is 4.98 Å². The first kappa shape index (κ1) is 12.0. The molecular formula is C8H2BrClF2N2O. The number of rotatable bonds is 2. The number of alkyl halides is 2. The van der Waals surface area contributed by atoms with Crippen LogP contribution in [0.4, 0.5) is 8.78 Å². The van der Waals surface area contributed by atoms with E-state index in [-0.39, 0.29) is 4.47 Å². The molecule has 0 aliphatic carbocycles. The summed E-state index contributed by atoms with van der Waals surface area (Å²) in [7, 11) is 0. The molecule has 1 heterocycles. The molecule has 0 aliphatic rings. The lowest BCUT2D eigenvalue weighted by molar-refractivity contribution is 0.107. The lowest BCUT2D eigenvalue weighted by Gasteiger charge is -2.06. The molecule has 15 heavy (non-hydrogen) atoms. The van der Waals surface area contributed by atoms with Crippen LogP contribution in [0.5, 0.6) is 0 Å². The third-order valence-electron chi connectivity index (χ3n) is 1.59. The number of halogens is 4. The van der Waals surface area contributed by atoms with Gasteiger partial charge >= 0.3 is 0 Å². The summed E-state index contributed by atoms with van der Waals surface area (Å²) < 4.78 is 25.1. The fraction of sp³-hybridized carbons (Fsp3) is 0.125. The minimum atomic E-state index is -2.88. The zero-order valence-corrected chi connectivity index (χ0v) is 9.31. The van der Waals surface area contributed by atoms with Gasteiger partial charge in [0.2, 0.25) is 0 Å². The topological polar surface area (TPSA) is 53.8 Å². The monoisotopic (exact) mass is 294 g/mol. The first-order chi connectivity index (χ1) is 6.99. The molecule has 0 radical (unpaired) electrons. The van der Waals surface area contributed by atoms with Crippen LogP contribution < -0.4 is 0 Å². The predicted molar refractivity (Wildman–Crippen MR) is 51.8 cm³/mol. The summed E-state index contributed by atoms with van der Waals surface area (Å²) in [5.74, 6) is 0. The molecule has 0 saturated heterocycles. The number of hydrogen-bond donors (Lipinski definition) is 0. The summed E-state index contributed by atoms with van der Waals surface area (Å²) in [6.45, 7) is 0. The zero-order chi connectivity index (χ0) is 11.6. The van der Waals surface area contributed by atoms with Gasteiger partial charge in [0.05, 0.1) is 11.1 Å². The smallest absolute Gasteiger partial charge is 0.272 e. The van der Waals surface area contributed by atoms with E-state index in [1.54, 1.807) is 0 Å². The Kier molecular flexibility index (Phi) is 3.72. The van der Waals surface area contributed by atoms with Crippen LogP contribution in [0.3, 0.4) is 0 Å². The van der Waals surface area contributed by atoms with Crippen molar-refractivity contribution in [3.63, 3.8) is 0 Å². The molecule has 1 aromatic rings. The lowest BCUT2D eigenvalue weighted by Crippen LogP contribution is -2.04. The number of carbonyl (C=O) groups excluding carboxylic acids is 1. The van der Waals surface area contributed by atoms with Crippen LogP contribution >= 0.6 is 27.5 Å². The van der Waals surface area contributed by atoms with Gasteiger partial charge in [-0.1, -0.05) is 0 Å². The Morgan fingerprint density at radius 1 is 1.67 bits per heavy atom. The molecule has 78 valence electrons. The van der Waals surface area contributed by atoms with Crippen LogP contribution in [0, 0.1) is 11.3 Å². The molecule has 1 rings (SSSR count). The average molecular weight is 295 g/mol. The zero-order valence-electron chi connectivity index (χ0n) is 6.97. The van der Waals surface area contributed by atoms with Crippen molar-refractivity contribution in [3.8, 4) is 6.07 Å². The van der Waals surface area contributed by atoms with Gasteiger partial charge in [0.25, 0.3) is 11.7 Å². The third-order valence-corrected chi connectivity index (χ3v) is 2.40. The van der Waals surface area contributed by atoms with Crippen LogP contribution in [-0.2, 0) is 0 Å². The van der Waals surface area contributed by atoms with Crippen LogP contribution in [0.1, 0.15) is 28.0 Å². The van der Waals surface area contributed by atoms with Gasteiger partial charge in [-0.05, 0) is 27.5 Å². The third kappa shape index (κ3) is 2.30. The summed E-state index contributed by atoms with van der Waals surface area (Å²) in [5, 5.41) is 7.63. The van der Waals surface area contributed by atoms with Gasteiger partial charge in [-0.25, -0.2) is 13.8 Å². The molecular weight excluding hydrogens is 293 g/mol. The molecule has 0 bridgehead atoms. The van der Waals surface area contributed by atoms with E-state index in [4.69, 9.17) is 16.9 Å². The van der Waals surface area contributed by atoms with Crippen LogP contribution in [0.2, 0.25) is 0 Å². The highest BCUT2D eigenvalue weighted by atomic mass is 79.9. The van der Waals surface area contributed by atoms with Crippen molar-refractivity contribution >= 4 is 32.8 Å². The maximum atomic E-state index is 12.6. The van der Waals surface area contributed by atoms with Gasteiger partial charge in [0.15, 0.2) is 0 Å². The van der Waals surface area contributed by atoms with Crippen LogP contribution in [0.15, 0.2) is 10.7 Å². The Morgan fingerprint density at radius 2 is 2.27 bits per heavy atom. The Morgan fingerprint density at radius 3 is 2.67 bits per heavy atom. The minimum absolute atomic E-state index is 0.0317. The minimum Gasteiger partial charge on any atom is -0.274 e. The molecule has 0 N–H and O–H groups in total. The van der Waals surface area contributed by atoms with E-state index in [0.29, 0.717) is 0 Å². The highest BCUT2D eigenvalue weighted by Gasteiger charge is 2.23. The summed E-state index contributed by atoms with van der Waals surface area (Å²) in [5.41, 5.74) is -1.53. The van der Waals surface area contributed by atoms with Gasteiger partial charge in [0.1, 0.15) is 11.8 Å². The Hall–Kier alpha value is -1.06. The molecule has 0 saturated carbocycles. The molecule has 0 unspecified atom stereocenters. The van der Waals surface area contributed by atoms with E-state index in [2.05, 4.69) is 20.9 Å².